The number of aliphatic hydroxyl groups excluding tert-OH is 1. The van der Waals surface area contributed by atoms with Gasteiger partial charge in [0.1, 0.15) is 0 Å². The topological polar surface area (TPSA) is 104 Å². The number of carbonyl (C=O) groups is 2. The number of halogens is 1. The first-order valence-electron chi connectivity index (χ1n) is 6.88. The fourth-order valence-corrected chi connectivity index (χ4v) is 2.43. The van der Waals surface area contributed by atoms with Crippen LogP contribution in [-0.2, 0) is 9.59 Å². The van der Waals surface area contributed by atoms with E-state index < -0.39 is 11.9 Å². The molecule has 3 atom stereocenters. The average Bonchev–Trinajstić information content (AvgIpc) is 2.72. The average molecular weight is 308 g/mol. The molecule has 7 heteroatoms. The largest absolute Gasteiger partial charge is 0.395 e. The van der Waals surface area contributed by atoms with Crippen molar-refractivity contribution in [1.29, 1.82) is 0 Å². The van der Waals surface area contributed by atoms with Crippen molar-refractivity contribution in [2.75, 3.05) is 13.2 Å². The van der Waals surface area contributed by atoms with Gasteiger partial charge in [0, 0.05) is 18.5 Å². The molecule has 0 aromatic rings. The third-order valence-electron chi connectivity index (χ3n) is 3.44. The predicted molar refractivity (Wildman–Crippen MR) is 79.4 cm³/mol. The summed E-state index contributed by atoms with van der Waals surface area (Å²) in [6, 6.07) is -0.730. The highest BCUT2D eigenvalue weighted by Crippen LogP contribution is 2.17. The molecule has 1 saturated heterocycles. The van der Waals surface area contributed by atoms with Crippen LogP contribution >= 0.6 is 12.4 Å². The molecule has 20 heavy (non-hydrogen) atoms. The number of hydrogen-bond donors (Lipinski definition) is 4. The van der Waals surface area contributed by atoms with Crippen molar-refractivity contribution in [1.82, 2.24) is 10.6 Å². The highest BCUT2D eigenvalue weighted by molar-refractivity contribution is 5.85. The monoisotopic (exact) mass is 307 g/mol. The van der Waals surface area contributed by atoms with Crippen LogP contribution in [0.25, 0.3) is 0 Å². The molecule has 0 saturated carbocycles. The molecule has 0 aromatic heterocycles. The Kier molecular flexibility index (Phi) is 8.76. The molecule has 1 aliphatic heterocycles. The van der Waals surface area contributed by atoms with E-state index in [1.165, 1.54) is 0 Å². The summed E-state index contributed by atoms with van der Waals surface area (Å²) in [5.74, 6) is -0.140. The molecule has 0 aliphatic carbocycles. The van der Waals surface area contributed by atoms with Crippen LogP contribution in [0.1, 0.15) is 33.1 Å². The van der Waals surface area contributed by atoms with Gasteiger partial charge in [-0.2, -0.15) is 0 Å². The van der Waals surface area contributed by atoms with Gasteiger partial charge in [0.25, 0.3) is 0 Å². The van der Waals surface area contributed by atoms with Crippen LogP contribution in [-0.4, -0.2) is 42.2 Å². The van der Waals surface area contributed by atoms with Gasteiger partial charge in [0.05, 0.1) is 12.6 Å². The molecule has 1 fully saturated rings. The molecule has 118 valence electrons. The van der Waals surface area contributed by atoms with E-state index >= 15 is 0 Å². The minimum atomic E-state index is -0.457. The van der Waals surface area contributed by atoms with E-state index in [4.69, 9.17) is 5.73 Å². The zero-order valence-corrected chi connectivity index (χ0v) is 12.9. The van der Waals surface area contributed by atoms with Gasteiger partial charge in [0.15, 0.2) is 0 Å². The third kappa shape index (κ3) is 6.07. The van der Waals surface area contributed by atoms with Gasteiger partial charge in [-0.05, 0) is 25.2 Å². The molecule has 0 aromatic carbocycles. The van der Waals surface area contributed by atoms with Crippen molar-refractivity contribution in [2.45, 2.75) is 45.2 Å². The maximum atomic E-state index is 11.5. The zero-order valence-electron chi connectivity index (χ0n) is 12.1. The van der Waals surface area contributed by atoms with Crippen molar-refractivity contribution in [2.24, 2.45) is 17.6 Å². The summed E-state index contributed by atoms with van der Waals surface area (Å²) in [4.78, 5) is 22.9. The maximum Gasteiger partial charge on any atom is 0.234 e. The lowest BCUT2D eigenvalue weighted by molar-refractivity contribution is -0.122. The number of carbonyl (C=O) groups excluding carboxylic acids is 2. The Balaban J connectivity index is 0.00000361. The van der Waals surface area contributed by atoms with Crippen LogP contribution in [0, 0.1) is 11.8 Å². The van der Waals surface area contributed by atoms with Crippen LogP contribution in [0.4, 0.5) is 0 Å². The van der Waals surface area contributed by atoms with Gasteiger partial charge in [-0.15, -0.1) is 12.4 Å². The zero-order chi connectivity index (χ0) is 14.4. The van der Waals surface area contributed by atoms with Gasteiger partial charge >= 0.3 is 0 Å². The number of nitrogens with two attached hydrogens (primary N) is 1. The second-order valence-electron chi connectivity index (χ2n) is 5.64. The fourth-order valence-electron chi connectivity index (χ4n) is 2.43. The summed E-state index contributed by atoms with van der Waals surface area (Å²) >= 11 is 0. The molecule has 1 rings (SSSR count). The highest BCUT2D eigenvalue weighted by atomic mass is 35.5. The summed E-state index contributed by atoms with van der Waals surface area (Å²) in [7, 11) is 0. The Morgan fingerprint density at radius 3 is 2.60 bits per heavy atom. The second-order valence-corrected chi connectivity index (χ2v) is 5.64. The number of rotatable bonds is 8. The Morgan fingerprint density at radius 1 is 1.55 bits per heavy atom. The molecule has 1 heterocycles. The van der Waals surface area contributed by atoms with E-state index in [1.54, 1.807) is 0 Å². The van der Waals surface area contributed by atoms with Gasteiger partial charge in [-0.3, -0.25) is 9.59 Å². The first kappa shape index (κ1) is 19.1. The summed E-state index contributed by atoms with van der Waals surface area (Å²) in [6.07, 6.45) is 1.94. The van der Waals surface area contributed by atoms with Crippen molar-refractivity contribution in [3.05, 3.63) is 0 Å². The van der Waals surface area contributed by atoms with E-state index in [2.05, 4.69) is 10.6 Å². The summed E-state index contributed by atoms with van der Waals surface area (Å²) in [6.45, 7) is 4.60. The number of nitrogens with one attached hydrogen (secondary N) is 2. The first-order chi connectivity index (χ1) is 8.93. The van der Waals surface area contributed by atoms with Crippen LogP contribution < -0.4 is 16.4 Å². The minimum absolute atomic E-state index is 0. The van der Waals surface area contributed by atoms with Gasteiger partial charge in [0.2, 0.25) is 11.8 Å². The molecule has 1 aliphatic rings. The minimum Gasteiger partial charge on any atom is -0.395 e. The lowest BCUT2D eigenvalue weighted by atomic mass is 9.96. The Hall–Kier alpha value is -0.850. The second kappa shape index (κ2) is 9.15. The maximum absolute atomic E-state index is 11.5. The van der Waals surface area contributed by atoms with Crippen LogP contribution in [0.2, 0.25) is 0 Å². The predicted octanol–water partition coefficient (Wildman–Crippen LogP) is -0.215. The van der Waals surface area contributed by atoms with E-state index in [0.29, 0.717) is 25.3 Å². The first-order valence-corrected chi connectivity index (χ1v) is 6.88. The van der Waals surface area contributed by atoms with E-state index in [1.807, 2.05) is 13.8 Å². The smallest absolute Gasteiger partial charge is 0.234 e. The molecule has 2 amide bonds. The molecule has 0 spiro atoms. The van der Waals surface area contributed by atoms with Crippen LogP contribution in [0.5, 0.6) is 0 Å². The van der Waals surface area contributed by atoms with Crippen molar-refractivity contribution >= 4 is 24.2 Å². The van der Waals surface area contributed by atoms with E-state index in [0.717, 1.165) is 6.42 Å². The van der Waals surface area contributed by atoms with E-state index in [9.17, 15) is 14.7 Å². The molecule has 5 N–H and O–H groups in total. The lowest BCUT2D eigenvalue weighted by Gasteiger charge is -2.25. The highest BCUT2D eigenvalue weighted by Gasteiger charge is 2.29. The van der Waals surface area contributed by atoms with Crippen molar-refractivity contribution in [3.8, 4) is 0 Å². The Bertz CT molecular complexity index is 326. The Morgan fingerprint density at radius 2 is 2.20 bits per heavy atom. The van der Waals surface area contributed by atoms with Crippen LogP contribution in [0.15, 0.2) is 0 Å². The molecule has 6 nitrogen and oxygen atoms in total. The summed E-state index contributed by atoms with van der Waals surface area (Å²) < 4.78 is 0. The van der Waals surface area contributed by atoms with Gasteiger partial charge in [-0.25, -0.2) is 0 Å². The Labute approximate surface area is 126 Å². The fraction of sp³-hybridized carbons (Fsp3) is 0.846. The molecule has 0 radical (unpaired) electrons. The summed E-state index contributed by atoms with van der Waals surface area (Å²) in [5, 5.41) is 15.2. The number of hydrogen-bond acceptors (Lipinski definition) is 4. The molecular weight excluding hydrogens is 282 g/mol. The number of amides is 2. The standard InChI is InChI=1S/C13H25N3O3.ClH/c1-8(2)5-11(12(14)18)16-10(7-17)6-9-3-4-15-13(9)19;/h8-11,16-17H,3-7H2,1-2H3,(H2,14,18)(H,15,19);1H/t9-,10-,11-;/m0./s1. The van der Waals surface area contributed by atoms with Crippen molar-refractivity contribution < 1.29 is 14.7 Å². The van der Waals surface area contributed by atoms with Crippen LogP contribution in [0.3, 0.4) is 0 Å². The number of aliphatic hydroxyl groups is 1. The quantitative estimate of drug-likeness (QED) is 0.498. The number of primary amides is 1. The molecule has 0 bridgehead atoms. The molecular formula is C13H26ClN3O3. The summed E-state index contributed by atoms with van der Waals surface area (Å²) in [5.41, 5.74) is 5.36. The van der Waals surface area contributed by atoms with Gasteiger partial charge < -0.3 is 21.5 Å². The van der Waals surface area contributed by atoms with Gasteiger partial charge in [-0.1, -0.05) is 13.8 Å². The van der Waals surface area contributed by atoms with Crippen molar-refractivity contribution in [3.63, 3.8) is 0 Å². The SMILES string of the molecule is CC(C)C[C@H](N[C@H](CO)C[C@@H]1CCNC1=O)C(N)=O.Cl. The van der Waals surface area contributed by atoms with E-state index in [-0.39, 0.29) is 36.9 Å². The third-order valence-corrected chi connectivity index (χ3v) is 3.44. The molecule has 0 unspecified atom stereocenters. The normalized spacial score (nSPS) is 21.2. The lowest BCUT2D eigenvalue weighted by Crippen LogP contribution is -2.49.